The highest BCUT2D eigenvalue weighted by Crippen LogP contribution is 2.40. The van der Waals surface area contributed by atoms with Crippen LogP contribution in [0.3, 0.4) is 0 Å². The lowest BCUT2D eigenvalue weighted by Crippen LogP contribution is -2.33. The van der Waals surface area contributed by atoms with Crippen molar-refractivity contribution in [3.63, 3.8) is 0 Å². The number of hydrogen-bond donors (Lipinski definition) is 10. The Hall–Kier alpha value is -13.1. The first kappa shape index (κ1) is 93.6. The average molecular weight is 1780 g/mol. The second-order valence-corrected chi connectivity index (χ2v) is 30.3. The molecule has 9 heterocycles. The van der Waals surface area contributed by atoms with E-state index in [2.05, 4.69) is 97.1 Å². The smallest absolute Gasteiger partial charge is 0.292 e. The molecule has 42 nitrogen and oxygen atoms in total. The number of aromatic nitrogens is 13. The number of hydrogen-bond acceptors (Lipinski definition) is 26. The molecule has 670 valence electrons. The third kappa shape index (κ3) is 26.7. The topological polar surface area (TPSA) is 489 Å². The van der Waals surface area contributed by atoms with Crippen LogP contribution in [0.2, 0.25) is 5.02 Å². The zero-order valence-electron chi connectivity index (χ0n) is 71.1. The molecular formula is C82H101ClN24O18S. The summed E-state index contributed by atoms with van der Waals surface area (Å²) >= 11 is 7.92. The lowest BCUT2D eigenvalue weighted by Gasteiger charge is -2.13. The summed E-state index contributed by atoms with van der Waals surface area (Å²) in [6.07, 6.45) is 10.2. The highest BCUT2D eigenvalue weighted by atomic mass is 35.5. The minimum atomic E-state index is -0.702. The summed E-state index contributed by atoms with van der Waals surface area (Å²) in [6, 6.07) is 17.0. The number of amides is 10. The van der Waals surface area contributed by atoms with E-state index in [1.165, 1.54) is 73.0 Å². The van der Waals surface area contributed by atoms with E-state index in [-0.39, 0.29) is 128 Å². The summed E-state index contributed by atoms with van der Waals surface area (Å²) in [5, 5.41) is 37.4. The van der Waals surface area contributed by atoms with Gasteiger partial charge in [0.2, 0.25) is 41.1 Å². The molecule has 1 atom stereocenters. The van der Waals surface area contributed by atoms with Crippen LogP contribution in [0.5, 0.6) is 5.75 Å². The monoisotopic (exact) mass is 1780 g/mol. The fourth-order valence-electron chi connectivity index (χ4n) is 12.7. The molecule has 126 heavy (non-hydrogen) atoms. The van der Waals surface area contributed by atoms with Crippen molar-refractivity contribution in [1.82, 2.24) is 83.4 Å². The van der Waals surface area contributed by atoms with E-state index in [0.717, 1.165) is 32.3 Å². The summed E-state index contributed by atoms with van der Waals surface area (Å²) in [5.41, 5.74) is 5.41. The van der Waals surface area contributed by atoms with Crippen LogP contribution >= 0.6 is 22.9 Å². The Kier molecular flexibility index (Phi) is 34.2. The van der Waals surface area contributed by atoms with Gasteiger partial charge >= 0.3 is 0 Å². The maximum Gasteiger partial charge on any atom is 0.292 e. The van der Waals surface area contributed by atoms with E-state index in [9.17, 15) is 47.9 Å². The number of nitrogens with zero attached hydrogens (tertiary/aromatic N) is 14. The molecule has 0 saturated carbocycles. The molecule has 0 spiro atoms. The van der Waals surface area contributed by atoms with Crippen LogP contribution in [-0.4, -0.2) is 252 Å². The number of benzene rings is 2. The first-order valence-corrected chi connectivity index (χ1v) is 41.4. The van der Waals surface area contributed by atoms with Gasteiger partial charge in [-0.1, -0.05) is 23.7 Å². The van der Waals surface area contributed by atoms with Crippen molar-refractivity contribution in [2.75, 3.05) is 157 Å². The number of halogens is 1. The van der Waals surface area contributed by atoms with Crippen LogP contribution in [0.1, 0.15) is 128 Å². The summed E-state index contributed by atoms with van der Waals surface area (Å²) in [5.74, 6) is -2.93. The fraction of sp³-hybridized carbons (Fsp3) is 0.402. The highest BCUT2D eigenvalue weighted by Gasteiger charge is 2.33. The Morgan fingerprint density at radius 2 is 0.881 bits per heavy atom. The van der Waals surface area contributed by atoms with Gasteiger partial charge in [-0.2, -0.15) is 0 Å². The Morgan fingerprint density at radius 1 is 0.429 bits per heavy atom. The highest BCUT2D eigenvalue weighted by molar-refractivity contribution is 7.15. The molecule has 1 aliphatic rings. The lowest BCUT2D eigenvalue weighted by atomic mass is 9.99. The standard InChI is InChI=1S/C82H101ClN24O18S/c1-50-51(2)126-82-69(50)70(53-10-12-54(83)13-11-53)92-59(71-100-99-52(3)107(71)82)44-68(111)89-55-14-16-58(17-15-55)125-41-40-124-39-38-123-37-36-122-35-34-121-33-32-120-31-30-119-29-28-118-27-25-84-65(108)18-21-88-78(114)73-97-64(49-104(73)7)98-81(117)75-96-63(48-106(75)9)94-67(110)20-23-87-77(113)61-43-57(46-103(61)6)91-80(116)74-95-62(47-105(74)8)93-66(109)19-22-86-76(112)60-42-56(45-102(60)5)90-79(115)72-85-24-26-101(72)4/h10-17,24,26,42-43,45-49,59H,18-23,25,27-41,44H2,1-9H3,(H,84,108)(H,86,112)(H,87,113)(H,88,114)(H,89,111)(H,90,115)(H,91,116)(H,93,109)(H,94,110)(H,98,117)/t59-/m0/s1. The summed E-state index contributed by atoms with van der Waals surface area (Å²) < 4.78 is 55.6. The molecule has 11 rings (SSSR count). The number of imidazole rings is 4. The van der Waals surface area contributed by atoms with Crippen molar-refractivity contribution < 1.29 is 85.8 Å². The fourth-order valence-corrected chi connectivity index (χ4v) is 14.1. The summed E-state index contributed by atoms with van der Waals surface area (Å²) in [7, 11) is 9.54. The molecule has 8 aromatic heterocycles. The van der Waals surface area contributed by atoms with Gasteiger partial charge < -0.3 is 118 Å². The van der Waals surface area contributed by atoms with E-state index in [0.29, 0.717) is 126 Å². The van der Waals surface area contributed by atoms with Crippen molar-refractivity contribution in [2.24, 2.45) is 47.3 Å². The zero-order chi connectivity index (χ0) is 89.8. The number of carbonyl (C=O) groups excluding carboxylic acids is 10. The van der Waals surface area contributed by atoms with Crippen molar-refractivity contribution in [2.45, 2.75) is 52.5 Å². The average Bonchev–Trinajstić information content (AvgIpc) is 1.59. The van der Waals surface area contributed by atoms with Gasteiger partial charge in [0, 0.05) is 158 Å². The van der Waals surface area contributed by atoms with E-state index in [1.54, 1.807) is 87.8 Å². The number of aryl methyl sites for hydroxylation is 8. The first-order valence-electron chi connectivity index (χ1n) is 40.2. The van der Waals surface area contributed by atoms with Gasteiger partial charge in [-0.05, 0) is 74.9 Å². The number of aliphatic imine (C=N–C) groups is 1. The molecule has 0 aliphatic carbocycles. The summed E-state index contributed by atoms with van der Waals surface area (Å²) in [6.45, 7) is 11.7. The molecule has 0 bridgehead atoms. The molecule has 10 amide bonds. The van der Waals surface area contributed by atoms with Gasteiger partial charge in [0.15, 0.2) is 29.1 Å². The molecule has 0 radical (unpaired) electrons. The third-order valence-electron chi connectivity index (χ3n) is 19.1. The second-order valence-electron chi connectivity index (χ2n) is 28.6. The van der Waals surface area contributed by atoms with E-state index >= 15 is 0 Å². The Labute approximate surface area is 732 Å². The van der Waals surface area contributed by atoms with Crippen molar-refractivity contribution >= 4 is 122 Å². The van der Waals surface area contributed by atoms with E-state index in [1.807, 2.05) is 35.8 Å². The van der Waals surface area contributed by atoms with Gasteiger partial charge in [-0.25, -0.2) is 19.9 Å². The van der Waals surface area contributed by atoms with Crippen molar-refractivity contribution in [3.05, 3.63) is 177 Å². The van der Waals surface area contributed by atoms with Gasteiger partial charge in [-0.3, -0.25) is 57.5 Å². The summed E-state index contributed by atoms with van der Waals surface area (Å²) in [4.78, 5) is 153. The minimum Gasteiger partial charge on any atom is -0.491 e. The molecule has 0 saturated heterocycles. The van der Waals surface area contributed by atoms with Crippen LogP contribution in [0.25, 0.3) is 5.00 Å². The van der Waals surface area contributed by atoms with Gasteiger partial charge in [0.1, 0.15) is 40.6 Å². The predicted octanol–water partition coefficient (Wildman–Crippen LogP) is 5.14. The van der Waals surface area contributed by atoms with Crippen molar-refractivity contribution in [3.8, 4) is 10.8 Å². The van der Waals surface area contributed by atoms with Crippen molar-refractivity contribution in [1.29, 1.82) is 0 Å². The molecule has 1 aliphatic heterocycles. The number of fused-ring (bicyclic) bond motifs is 3. The largest absolute Gasteiger partial charge is 0.491 e. The Morgan fingerprint density at radius 3 is 1.38 bits per heavy atom. The molecular weight excluding hydrogens is 1680 g/mol. The SMILES string of the molecule is Cc1sc2c(c1C)C(c1ccc(Cl)cc1)=N[C@@H](CC(=O)Nc1ccc(OCCOCCOCCOCCOCCOCCOCCOCCNC(=O)CCNC(=O)c3nc(NC(=O)c4nc(NC(=O)CCNC(=O)c5cc(NC(=O)c6nc(NC(=O)CCNC(=O)c7cc(NC(=O)c8nccn8C)cn7C)cn6C)cn5C)cn4C)cn3C)cc1)c1nnc(C)n1-2. The van der Waals surface area contributed by atoms with Gasteiger partial charge in [-0.15, -0.1) is 21.5 Å². The number of thiophene rings is 1. The quantitative estimate of drug-likeness (QED) is 0.0220. The molecule has 44 heteroatoms. The third-order valence-corrected chi connectivity index (χ3v) is 20.6. The van der Waals surface area contributed by atoms with Gasteiger partial charge in [0.05, 0.1) is 116 Å². The van der Waals surface area contributed by atoms with Crippen LogP contribution in [0, 0.1) is 20.8 Å². The van der Waals surface area contributed by atoms with Crippen LogP contribution < -0.4 is 57.9 Å². The Bertz CT molecular complexity index is 5500. The first-order chi connectivity index (χ1) is 60.7. The Balaban J connectivity index is 0.453. The number of ether oxygens (including phenoxy) is 8. The minimum absolute atomic E-state index is 0.00171. The number of nitrogens with one attached hydrogen (secondary N) is 10. The number of rotatable bonds is 49. The maximum absolute atomic E-state index is 13.6. The number of anilines is 6. The van der Waals surface area contributed by atoms with Crippen LogP contribution in [0.15, 0.2) is 109 Å². The van der Waals surface area contributed by atoms with E-state index in [4.69, 9.17) is 54.5 Å². The van der Waals surface area contributed by atoms with Gasteiger partial charge in [0.25, 0.3) is 35.4 Å². The normalized spacial score (nSPS) is 12.2. The second kappa shape index (κ2) is 46.0. The molecule has 0 unspecified atom stereocenters. The molecule has 10 N–H and O–H groups in total. The lowest BCUT2D eigenvalue weighted by molar-refractivity contribution is -0.121. The zero-order valence-corrected chi connectivity index (χ0v) is 72.6. The van der Waals surface area contributed by atoms with E-state index < -0.39 is 53.3 Å². The number of carbonyl (C=O) groups is 10. The molecule has 10 aromatic rings. The predicted molar refractivity (Wildman–Crippen MR) is 463 cm³/mol. The van der Waals surface area contributed by atoms with Crippen LogP contribution in [-0.2, 0) is 94.6 Å². The van der Waals surface area contributed by atoms with Crippen LogP contribution in [0.4, 0.5) is 34.5 Å². The maximum atomic E-state index is 13.6. The molecule has 2 aromatic carbocycles. The molecule has 0 fully saturated rings.